The molecule has 0 aliphatic carbocycles. The zero-order chi connectivity index (χ0) is 33.4. The van der Waals surface area contributed by atoms with Crippen molar-refractivity contribution in [2.24, 2.45) is 0 Å². The number of carbonyl (C=O) groups is 1. The van der Waals surface area contributed by atoms with Gasteiger partial charge in [0.05, 0.1) is 55.6 Å². The number of carbonyl (C=O) groups excluding carboxylic acids is 1. The summed E-state index contributed by atoms with van der Waals surface area (Å²) in [5.41, 5.74) is 1.72. The smallest absolute Gasteiger partial charge is 0.406 e. The van der Waals surface area contributed by atoms with Gasteiger partial charge in [0.25, 0.3) is 10.0 Å². The van der Waals surface area contributed by atoms with Gasteiger partial charge in [0.2, 0.25) is 0 Å². The highest BCUT2D eigenvalue weighted by Gasteiger charge is 2.31. The number of alkyl carbamates (subject to hydrolysis) is 1. The van der Waals surface area contributed by atoms with Gasteiger partial charge in [-0.25, -0.2) is 31.3 Å². The lowest BCUT2D eigenvalue weighted by Crippen LogP contribution is -2.32. The van der Waals surface area contributed by atoms with Crippen LogP contribution in [0.5, 0.6) is 11.5 Å². The summed E-state index contributed by atoms with van der Waals surface area (Å²) in [6.45, 7) is 0.112. The number of hydrogen-bond acceptors (Lipinski definition) is 9. The van der Waals surface area contributed by atoms with E-state index in [2.05, 4.69) is 15.6 Å². The quantitative estimate of drug-likeness (QED) is 0.177. The first kappa shape index (κ1) is 34.1. The molecular weight excluding hydrogens is 644 g/mol. The van der Waals surface area contributed by atoms with Crippen molar-refractivity contribution in [1.82, 2.24) is 10.3 Å². The first-order valence-electron chi connectivity index (χ1n) is 13.7. The van der Waals surface area contributed by atoms with Crippen LogP contribution in [-0.2, 0) is 21.3 Å². The molecule has 0 aliphatic heterocycles. The summed E-state index contributed by atoms with van der Waals surface area (Å²) in [7, 11) is 1.45. The Labute approximate surface area is 270 Å². The number of ether oxygens (including phenoxy) is 3. The standard InChI is InChI=1S/C31H32ClF2N5O6S/c1-35-31(40)45-14-13-38(2)27-8-6-5-7-25(27)37-26-17-24(34)29(16-23(26)32)46(41,42)39(30-12-10-21(33)18-36-30)19-20-9-11-22(43-3)15-28(20)44-4/h5-12,15-18,37H,13-14,19H2,1-4H3,(H,35,40). The molecule has 0 atom stereocenters. The summed E-state index contributed by atoms with van der Waals surface area (Å²) in [4.78, 5) is 16.4. The van der Waals surface area contributed by atoms with Gasteiger partial charge < -0.3 is 29.7 Å². The third-order valence-electron chi connectivity index (χ3n) is 6.81. The number of likely N-dealkylation sites (N-methyl/N-ethyl adjacent to an activating group) is 1. The molecule has 1 amide bonds. The lowest BCUT2D eigenvalue weighted by atomic mass is 10.2. The summed E-state index contributed by atoms with van der Waals surface area (Å²) in [5.74, 6) is -1.15. The van der Waals surface area contributed by atoms with Gasteiger partial charge in [-0.2, -0.15) is 0 Å². The Kier molecular flexibility index (Phi) is 11.1. The van der Waals surface area contributed by atoms with Gasteiger partial charge in [-0.1, -0.05) is 23.7 Å². The van der Waals surface area contributed by atoms with Crippen LogP contribution in [0.25, 0.3) is 0 Å². The molecule has 0 saturated heterocycles. The molecule has 4 aromatic rings. The molecule has 0 unspecified atom stereocenters. The van der Waals surface area contributed by atoms with Crippen LogP contribution < -0.4 is 29.3 Å². The van der Waals surface area contributed by atoms with Gasteiger partial charge in [0.1, 0.15) is 40.5 Å². The molecule has 0 radical (unpaired) electrons. The van der Waals surface area contributed by atoms with Crippen LogP contribution in [0.1, 0.15) is 5.56 Å². The molecule has 11 nitrogen and oxygen atoms in total. The molecule has 46 heavy (non-hydrogen) atoms. The molecule has 1 heterocycles. The maximum absolute atomic E-state index is 15.8. The third-order valence-corrected chi connectivity index (χ3v) is 8.89. The van der Waals surface area contributed by atoms with Crippen molar-refractivity contribution in [2.45, 2.75) is 11.4 Å². The molecule has 0 saturated carbocycles. The number of amides is 1. The van der Waals surface area contributed by atoms with Crippen LogP contribution in [0.3, 0.4) is 0 Å². The number of pyridine rings is 1. The van der Waals surface area contributed by atoms with Crippen molar-refractivity contribution >= 4 is 50.6 Å². The highest BCUT2D eigenvalue weighted by Crippen LogP contribution is 2.36. The minimum absolute atomic E-state index is 0.0885. The molecule has 0 aliphatic rings. The highest BCUT2D eigenvalue weighted by atomic mass is 35.5. The Hall–Kier alpha value is -4.82. The average molecular weight is 676 g/mol. The lowest BCUT2D eigenvalue weighted by molar-refractivity contribution is 0.151. The maximum atomic E-state index is 15.8. The molecule has 1 aromatic heterocycles. The number of nitrogens with one attached hydrogen (secondary N) is 2. The summed E-state index contributed by atoms with van der Waals surface area (Å²) in [6, 6.07) is 16.1. The molecule has 4 rings (SSSR count). The first-order valence-corrected chi connectivity index (χ1v) is 15.6. The van der Waals surface area contributed by atoms with E-state index >= 15 is 4.39 Å². The fraction of sp³-hybridized carbons (Fsp3) is 0.226. The number of hydrogen-bond donors (Lipinski definition) is 2. The minimum Gasteiger partial charge on any atom is -0.497 e. The molecule has 2 N–H and O–H groups in total. The van der Waals surface area contributed by atoms with E-state index in [4.69, 9.17) is 25.8 Å². The van der Waals surface area contributed by atoms with Crippen molar-refractivity contribution in [1.29, 1.82) is 0 Å². The van der Waals surface area contributed by atoms with Crippen LogP contribution in [0.2, 0.25) is 5.02 Å². The van der Waals surface area contributed by atoms with E-state index in [9.17, 15) is 17.6 Å². The van der Waals surface area contributed by atoms with E-state index in [0.717, 1.165) is 28.7 Å². The molecule has 0 bridgehead atoms. The van der Waals surface area contributed by atoms with Gasteiger partial charge in [-0.15, -0.1) is 0 Å². The van der Waals surface area contributed by atoms with Crippen LogP contribution in [0, 0.1) is 11.6 Å². The van der Waals surface area contributed by atoms with Crippen molar-refractivity contribution in [3.05, 3.63) is 95.1 Å². The summed E-state index contributed by atoms with van der Waals surface area (Å²) >= 11 is 6.55. The number of nitrogens with zero attached hydrogens (tertiary/aromatic N) is 3. The van der Waals surface area contributed by atoms with Crippen LogP contribution >= 0.6 is 11.6 Å². The number of benzene rings is 3. The van der Waals surface area contributed by atoms with E-state index < -0.39 is 32.6 Å². The Bertz CT molecular complexity index is 1800. The second-order valence-corrected chi connectivity index (χ2v) is 12.0. The molecule has 244 valence electrons. The maximum Gasteiger partial charge on any atom is 0.406 e. The Balaban J connectivity index is 1.68. The SMILES string of the molecule is CNC(=O)OCCN(C)c1ccccc1Nc1cc(F)c(S(=O)(=O)N(Cc2ccc(OC)cc2OC)c2ccc(F)cn2)cc1Cl. The molecule has 3 aromatic carbocycles. The van der Waals surface area contributed by atoms with Crippen LogP contribution in [0.4, 0.5) is 36.5 Å². The van der Waals surface area contributed by atoms with Crippen molar-refractivity contribution in [3.8, 4) is 11.5 Å². The number of aromatic nitrogens is 1. The Morgan fingerprint density at radius 2 is 1.76 bits per heavy atom. The topological polar surface area (TPSA) is 122 Å². The zero-order valence-electron chi connectivity index (χ0n) is 25.4. The predicted octanol–water partition coefficient (Wildman–Crippen LogP) is 5.96. The third kappa shape index (κ3) is 7.87. The first-order chi connectivity index (χ1) is 22.0. The highest BCUT2D eigenvalue weighted by molar-refractivity contribution is 7.92. The van der Waals surface area contributed by atoms with Gasteiger partial charge in [-0.05, 0) is 42.5 Å². The number of methoxy groups -OCH3 is 2. The summed E-state index contributed by atoms with van der Waals surface area (Å²) in [5, 5.41) is 5.34. The number of halogens is 3. The summed E-state index contributed by atoms with van der Waals surface area (Å²) in [6.07, 6.45) is 0.299. The number of sulfonamides is 1. The fourth-order valence-electron chi connectivity index (χ4n) is 4.41. The van der Waals surface area contributed by atoms with Crippen LogP contribution in [-0.4, -0.2) is 61.0 Å². The van der Waals surface area contributed by atoms with Crippen molar-refractivity contribution in [3.63, 3.8) is 0 Å². The van der Waals surface area contributed by atoms with E-state index in [1.54, 1.807) is 49.5 Å². The van der Waals surface area contributed by atoms with E-state index in [-0.39, 0.29) is 29.7 Å². The normalized spacial score (nSPS) is 11.0. The molecular formula is C31H32ClF2N5O6S. The van der Waals surface area contributed by atoms with Crippen LogP contribution in [0.15, 0.2) is 77.8 Å². The molecule has 0 spiro atoms. The van der Waals surface area contributed by atoms with Gasteiger partial charge in [-0.3, -0.25) is 0 Å². The van der Waals surface area contributed by atoms with E-state index in [1.807, 2.05) is 4.90 Å². The zero-order valence-corrected chi connectivity index (χ0v) is 27.0. The Morgan fingerprint density at radius 1 is 1.00 bits per heavy atom. The lowest BCUT2D eigenvalue weighted by Gasteiger charge is -2.25. The molecule has 15 heteroatoms. The van der Waals surface area contributed by atoms with Gasteiger partial charge in [0.15, 0.2) is 0 Å². The predicted molar refractivity (Wildman–Crippen MR) is 172 cm³/mol. The number of para-hydroxylation sites is 2. The number of anilines is 4. The van der Waals surface area contributed by atoms with Gasteiger partial charge >= 0.3 is 6.09 Å². The average Bonchev–Trinajstić information content (AvgIpc) is 3.05. The van der Waals surface area contributed by atoms with E-state index in [0.29, 0.717) is 35.0 Å². The minimum atomic E-state index is -4.67. The molecule has 0 fully saturated rings. The van der Waals surface area contributed by atoms with E-state index in [1.165, 1.54) is 27.3 Å². The largest absolute Gasteiger partial charge is 0.497 e. The second kappa shape index (κ2) is 15.0. The Morgan fingerprint density at radius 3 is 2.43 bits per heavy atom. The van der Waals surface area contributed by atoms with Crippen molar-refractivity contribution in [2.75, 3.05) is 56.0 Å². The fourth-order valence-corrected chi connectivity index (χ4v) is 6.16. The second-order valence-electron chi connectivity index (χ2n) is 9.74. The number of rotatable bonds is 13. The van der Waals surface area contributed by atoms with Gasteiger partial charge in [0, 0.05) is 31.8 Å². The monoisotopic (exact) mass is 675 g/mol. The summed E-state index contributed by atoms with van der Waals surface area (Å²) < 4.78 is 74.2. The van der Waals surface area contributed by atoms with Crippen molar-refractivity contribution < 1.29 is 36.2 Å².